The van der Waals surface area contributed by atoms with Gasteiger partial charge in [-0.15, -0.1) is 0 Å². The summed E-state index contributed by atoms with van der Waals surface area (Å²) >= 11 is 0. The SMILES string of the molecule is N#Cc1ccccc1NC(=O)NCc1cccnc1. The van der Waals surface area contributed by atoms with Crippen molar-refractivity contribution in [3.8, 4) is 6.07 Å². The predicted octanol–water partition coefficient (Wildman–Crippen LogP) is 2.27. The van der Waals surface area contributed by atoms with Gasteiger partial charge in [0.2, 0.25) is 0 Å². The molecule has 2 rings (SSSR count). The lowest BCUT2D eigenvalue weighted by molar-refractivity contribution is 0.251. The van der Waals surface area contributed by atoms with E-state index in [0.29, 0.717) is 17.8 Å². The van der Waals surface area contributed by atoms with Crippen LogP contribution in [0.3, 0.4) is 0 Å². The maximum atomic E-state index is 11.7. The summed E-state index contributed by atoms with van der Waals surface area (Å²) in [5, 5.41) is 14.2. The van der Waals surface area contributed by atoms with Crippen molar-refractivity contribution in [1.29, 1.82) is 5.26 Å². The van der Waals surface area contributed by atoms with Crippen LogP contribution in [0.2, 0.25) is 0 Å². The minimum atomic E-state index is -0.355. The third-order valence-electron chi connectivity index (χ3n) is 2.47. The van der Waals surface area contributed by atoms with Crippen LogP contribution in [0.25, 0.3) is 0 Å². The lowest BCUT2D eigenvalue weighted by atomic mass is 10.2. The van der Waals surface area contributed by atoms with Gasteiger partial charge < -0.3 is 10.6 Å². The number of rotatable bonds is 3. The standard InChI is InChI=1S/C14H12N4O/c15-8-12-5-1-2-6-13(12)18-14(19)17-10-11-4-3-7-16-9-11/h1-7,9H,10H2,(H2,17,18,19). The first-order chi connectivity index (χ1) is 9.29. The van der Waals surface area contributed by atoms with E-state index in [1.54, 1.807) is 42.7 Å². The van der Waals surface area contributed by atoms with Gasteiger partial charge in [-0.1, -0.05) is 18.2 Å². The summed E-state index contributed by atoms with van der Waals surface area (Å²) in [6.45, 7) is 0.383. The zero-order valence-electron chi connectivity index (χ0n) is 10.1. The van der Waals surface area contributed by atoms with Crippen LogP contribution in [-0.2, 0) is 6.54 Å². The van der Waals surface area contributed by atoms with Crippen molar-refractivity contribution in [3.05, 3.63) is 59.9 Å². The molecule has 0 radical (unpaired) electrons. The molecule has 2 amide bonds. The molecule has 0 aliphatic carbocycles. The Morgan fingerprint density at radius 1 is 1.26 bits per heavy atom. The first-order valence-electron chi connectivity index (χ1n) is 5.72. The number of carbonyl (C=O) groups excluding carboxylic acids is 1. The fourth-order valence-electron chi connectivity index (χ4n) is 1.54. The number of hydrogen-bond acceptors (Lipinski definition) is 3. The van der Waals surface area contributed by atoms with E-state index in [4.69, 9.17) is 5.26 Å². The van der Waals surface area contributed by atoms with Gasteiger partial charge >= 0.3 is 6.03 Å². The largest absolute Gasteiger partial charge is 0.334 e. The number of nitrogens with one attached hydrogen (secondary N) is 2. The fraction of sp³-hybridized carbons (Fsp3) is 0.0714. The Balaban J connectivity index is 1.93. The number of nitriles is 1. The maximum Gasteiger partial charge on any atom is 0.319 e. The molecular weight excluding hydrogens is 240 g/mol. The van der Waals surface area contributed by atoms with E-state index in [-0.39, 0.29) is 6.03 Å². The third-order valence-corrected chi connectivity index (χ3v) is 2.47. The average Bonchev–Trinajstić information content (AvgIpc) is 2.47. The molecule has 0 saturated heterocycles. The highest BCUT2D eigenvalue weighted by Gasteiger charge is 2.05. The van der Waals surface area contributed by atoms with Gasteiger partial charge in [-0.3, -0.25) is 4.98 Å². The van der Waals surface area contributed by atoms with Gasteiger partial charge in [0.05, 0.1) is 11.3 Å². The molecule has 0 aliphatic heterocycles. The van der Waals surface area contributed by atoms with Crippen LogP contribution in [-0.4, -0.2) is 11.0 Å². The van der Waals surface area contributed by atoms with Crippen molar-refractivity contribution < 1.29 is 4.79 Å². The van der Waals surface area contributed by atoms with Crippen LogP contribution >= 0.6 is 0 Å². The highest BCUT2D eigenvalue weighted by molar-refractivity contribution is 5.90. The second-order valence-corrected chi connectivity index (χ2v) is 3.83. The summed E-state index contributed by atoms with van der Waals surface area (Å²) in [5.74, 6) is 0. The van der Waals surface area contributed by atoms with Crippen molar-refractivity contribution in [1.82, 2.24) is 10.3 Å². The normalized spacial score (nSPS) is 9.42. The molecule has 19 heavy (non-hydrogen) atoms. The zero-order chi connectivity index (χ0) is 13.5. The molecule has 0 bridgehead atoms. The quantitative estimate of drug-likeness (QED) is 0.879. The first kappa shape index (κ1) is 12.6. The topological polar surface area (TPSA) is 77.8 Å². The second-order valence-electron chi connectivity index (χ2n) is 3.83. The molecule has 1 aromatic carbocycles. The van der Waals surface area contributed by atoms with Crippen molar-refractivity contribution in [3.63, 3.8) is 0 Å². The Labute approximate surface area is 110 Å². The van der Waals surface area contributed by atoms with E-state index in [9.17, 15) is 4.79 Å². The molecule has 0 fully saturated rings. The van der Waals surface area contributed by atoms with E-state index in [0.717, 1.165) is 5.56 Å². The molecule has 0 saturated carbocycles. The summed E-state index contributed by atoms with van der Waals surface area (Å²) in [5.41, 5.74) is 1.83. The van der Waals surface area contributed by atoms with Crippen LogP contribution in [0, 0.1) is 11.3 Å². The van der Waals surface area contributed by atoms with Crippen LogP contribution in [0.1, 0.15) is 11.1 Å². The zero-order valence-corrected chi connectivity index (χ0v) is 10.1. The Morgan fingerprint density at radius 2 is 2.11 bits per heavy atom. The van der Waals surface area contributed by atoms with E-state index in [1.165, 1.54) is 0 Å². The van der Waals surface area contributed by atoms with Gasteiger partial charge in [0.15, 0.2) is 0 Å². The first-order valence-corrected chi connectivity index (χ1v) is 5.72. The van der Waals surface area contributed by atoms with Crippen molar-refractivity contribution in [2.75, 3.05) is 5.32 Å². The number of urea groups is 1. The Morgan fingerprint density at radius 3 is 2.84 bits per heavy atom. The Bertz CT molecular complexity index is 604. The molecular formula is C14H12N4O. The number of anilines is 1. The van der Waals surface area contributed by atoms with Gasteiger partial charge in [0.25, 0.3) is 0 Å². The highest BCUT2D eigenvalue weighted by Crippen LogP contribution is 2.13. The van der Waals surface area contributed by atoms with Gasteiger partial charge in [-0.2, -0.15) is 5.26 Å². The van der Waals surface area contributed by atoms with Crippen LogP contribution in [0.15, 0.2) is 48.8 Å². The molecule has 5 heteroatoms. The predicted molar refractivity (Wildman–Crippen MR) is 71.3 cm³/mol. The van der Waals surface area contributed by atoms with Gasteiger partial charge in [-0.05, 0) is 23.8 Å². The summed E-state index contributed by atoms with van der Waals surface area (Å²) in [4.78, 5) is 15.7. The lowest BCUT2D eigenvalue weighted by Crippen LogP contribution is -2.28. The number of aromatic nitrogens is 1. The monoisotopic (exact) mass is 252 g/mol. The molecule has 0 atom stereocenters. The number of hydrogen-bond donors (Lipinski definition) is 2. The Kier molecular flexibility index (Phi) is 4.09. The second kappa shape index (κ2) is 6.17. The third kappa shape index (κ3) is 3.54. The Hall–Kier alpha value is -2.87. The summed E-state index contributed by atoms with van der Waals surface area (Å²) in [6, 6.07) is 12.2. The summed E-state index contributed by atoms with van der Waals surface area (Å²) in [6.07, 6.45) is 3.36. The van der Waals surface area contributed by atoms with Crippen LogP contribution in [0.5, 0.6) is 0 Å². The number of amides is 2. The number of para-hydroxylation sites is 1. The van der Waals surface area contributed by atoms with E-state index >= 15 is 0 Å². The van der Waals surface area contributed by atoms with Crippen LogP contribution < -0.4 is 10.6 Å². The molecule has 0 unspecified atom stereocenters. The molecule has 1 heterocycles. The molecule has 2 N–H and O–H groups in total. The van der Waals surface area contributed by atoms with Crippen molar-refractivity contribution >= 4 is 11.7 Å². The summed E-state index contributed by atoms with van der Waals surface area (Å²) in [7, 11) is 0. The fourth-order valence-corrected chi connectivity index (χ4v) is 1.54. The molecule has 5 nitrogen and oxygen atoms in total. The van der Waals surface area contributed by atoms with E-state index < -0.39 is 0 Å². The molecule has 0 spiro atoms. The number of nitrogens with zero attached hydrogens (tertiary/aromatic N) is 2. The van der Waals surface area contributed by atoms with Gasteiger partial charge in [0, 0.05) is 18.9 Å². The van der Waals surface area contributed by atoms with Crippen molar-refractivity contribution in [2.24, 2.45) is 0 Å². The number of carbonyl (C=O) groups is 1. The van der Waals surface area contributed by atoms with Crippen molar-refractivity contribution in [2.45, 2.75) is 6.54 Å². The van der Waals surface area contributed by atoms with E-state index in [1.807, 2.05) is 12.1 Å². The minimum absolute atomic E-state index is 0.355. The molecule has 2 aromatic rings. The lowest BCUT2D eigenvalue weighted by Gasteiger charge is -2.08. The van der Waals surface area contributed by atoms with Gasteiger partial charge in [0.1, 0.15) is 6.07 Å². The average molecular weight is 252 g/mol. The summed E-state index contributed by atoms with van der Waals surface area (Å²) < 4.78 is 0. The van der Waals surface area contributed by atoms with E-state index in [2.05, 4.69) is 15.6 Å². The highest BCUT2D eigenvalue weighted by atomic mass is 16.2. The number of pyridine rings is 1. The van der Waals surface area contributed by atoms with Gasteiger partial charge in [-0.25, -0.2) is 4.79 Å². The number of benzene rings is 1. The molecule has 0 aliphatic rings. The minimum Gasteiger partial charge on any atom is -0.334 e. The molecule has 1 aromatic heterocycles. The van der Waals surface area contributed by atoms with Crippen LogP contribution in [0.4, 0.5) is 10.5 Å². The smallest absolute Gasteiger partial charge is 0.319 e. The molecule has 94 valence electrons. The maximum absolute atomic E-state index is 11.7.